The molecule has 0 bridgehead atoms. The van der Waals surface area contributed by atoms with Crippen LogP contribution in [0.5, 0.6) is 0 Å². The Morgan fingerprint density at radius 2 is 2.32 bits per heavy atom. The van der Waals surface area contributed by atoms with Crippen LogP contribution < -0.4 is 16.6 Å². The lowest BCUT2D eigenvalue weighted by Gasteiger charge is -2.11. The lowest BCUT2D eigenvalue weighted by Crippen LogP contribution is -2.14. The van der Waals surface area contributed by atoms with Crippen LogP contribution in [-0.2, 0) is 4.74 Å². The second kappa shape index (κ2) is 6.30. The van der Waals surface area contributed by atoms with Crippen LogP contribution in [0.15, 0.2) is 12.1 Å². The third-order valence-corrected chi connectivity index (χ3v) is 2.97. The van der Waals surface area contributed by atoms with Crippen LogP contribution in [-0.4, -0.2) is 29.2 Å². The number of rotatable bonds is 6. The van der Waals surface area contributed by atoms with Gasteiger partial charge in [-0.1, -0.05) is 0 Å². The second-order valence-electron chi connectivity index (χ2n) is 4.35. The van der Waals surface area contributed by atoms with E-state index in [1.807, 2.05) is 0 Å². The van der Waals surface area contributed by atoms with Crippen LogP contribution in [0.25, 0.3) is 0 Å². The minimum absolute atomic E-state index is 0.0532. The van der Waals surface area contributed by atoms with Gasteiger partial charge < -0.3 is 15.5 Å². The van der Waals surface area contributed by atoms with E-state index in [-0.39, 0.29) is 17.6 Å². The molecule has 8 heteroatoms. The van der Waals surface area contributed by atoms with E-state index in [2.05, 4.69) is 15.7 Å². The molecule has 0 aliphatic carbocycles. The number of hydrogen-bond acceptors (Lipinski definition) is 7. The summed E-state index contributed by atoms with van der Waals surface area (Å²) < 4.78 is 5.50. The molecular formula is C11H17N5O3. The van der Waals surface area contributed by atoms with E-state index in [0.717, 1.165) is 25.9 Å². The van der Waals surface area contributed by atoms with Gasteiger partial charge in [-0.3, -0.25) is 10.1 Å². The minimum atomic E-state index is -0.478. The molecule has 0 radical (unpaired) electrons. The molecule has 1 aliphatic rings. The van der Waals surface area contributed by atoms with Crippen molar-refractivity contribution in [3.63, 3.8) is 0 Å². The van der Waals surface area contributed by atoms with Crippen molar-refractivity contribution >= 4 is 17.3 Å². The lowest BCUT2D eigenvalue weighted by atomic mass is 10.2. The molecule has 0 aromatic carbocycles. The topological polar surface area (TPSA) is 115 Å². The standard InChI is InChI=1S/C11H17N5O3/c12-15-11-7-8(16(17)18)6-10(14-11)13-4-3-9-2-1-5-19-9/h6-7,9H,1-5,12H2,(H2,13,14,15). The van der Waals surface area contributed by atoms with Crippen LogP contribution in [0, 0.1) is 10.1 Å². The predicted molar refractivity (Wildman–Crippen MR) is 70.8 cm³/mol. The minimum Gasteiger partial charge on any atom is -0.378 e. The molecule has 1 fully saturated rings. The quantitative estimate of drug-likeness (QED) is 0.403. The van der Waals surface area contributed by atoms with Crippen molar-refractivity contribution in [3.05, 3.63) is 22.2 Å². The Kier molecular flexibility index (Phi) is 4.48. The molecule has 2 heterocycles. The fraction of sp³-hybridized carbons (Fsp3) is 0.545. The van der Waals surface area contributed by atoms with Gasteiger partial charge in [0.2, 0.25) is 0 Å². The van der Waals surface area contributed by atoms with Gasteiger partial charge in [0, 0.05) is 13.2 Å². The van der Waals surface area contributed by atoms with Gasteiger partial charge in [-0.2, -0.15) is 0 Å². The van der Waals surface area contributed by atoms with Crippen LogP contribution >= 0.6 is 0 Å². The number of pyridine rings is 1. The first-order valence-electron chi connectivity index (χ1n) is 6.17. The van der Waals surface area contributed by atoms with Gasteiger partial charge in [-0.25, -0.2) is 10.8 Å². The average Bonchev–Trinajstić information content (AvgIpc) is 2.91. The Morgan fingerprint density at radius 3 is 2.95 bits per heavy atom. The Balaban J connectivity index is 1.94. The average molecular weight is 267 g/mol. The van der Waals surface area contributed by atoms with E-state index in [1.54, 1.807) is 0 Å². The van der Waals surface area contributed by atoms with E-state index in [0.29, 0.717) is 12.4 Å². The molecule has 4 N–H and O–H groups in total. The summed E-state index contributed by atoms with van der Waals surface area (Å²) in [6, 6.07) is 2.67. The fourth-order valence-corrected chi connectivity index (χ4v) is 2.02. The van der Waals surface area contributed by atoms with Crippen molar-refractivity contribution in [2.75, 3.05) is 23.9 Å². The third kappa shape index (κ3) is 3.76. The van der Waals surface area contributed by atoms with E-state index in [1.165, 1.54) is 12.1 Å². The van der Waals surface area contributed by atoms with Gasteiger partial charge in [-0.15, -0.1) is 0 Å². The number of nitrogens with one attached hydrogen (secondary N) is 2. The summed E-state index contributed by atoms with van der Waals surface area (Å²) in [6.45, 7) is 1.48. The van der Waals surface area contributed by atoms with Crippen LogP contribution in [0.1, 0.15) is 19.3 Å². The predicted octanol–water partition coefficient (Wildman–Crippen LogP) is 1.26. The Labute approximate surface area is 110 Å². The van der Waals surface area contributed by atoms with Gasteiger partial charge in [0.15, 0.2) is 0 Å². The normalized spacial score (nSPS) is 18.3. The summed E-state index contributed by atoms with van der Waals surface area (Å²) in [6.07, 6.45) is 3.30. The van der Waals surface area contributed by atoms with Crippen LogP contribution in [0.3, 0.4) is 0 Å². The number of nitrogens with zero attached hydrogens (tertiary/aromatic N) is 2. The highest BCUT2D eigenvalue weighted by Crippen LogP contribution is 2.20. The Morgan fingerprint density at radius 1 is 1.53 bits per heavy atom. The molecular weight excluding hydrogens is 250 g/mol. The summed E-state index contributed by atoms with van der Waals surface area (Å²) in [4.78, 5) is 14.4. The first-order valence-corrected chi connectivity index (χ1v) is 6.17. The number of ether oxygens (including phenoxy) is 1. The summed E-state index contributed by atoms with van der Waals surface area (Å²) in [5.41, 5.74) is 2.26. The number of nitrogen functional groups attached to an aromatic ring is 1. The molecule has 1 unspecified atom stereocenters. The number of nitro groups is 1. The third-order valence-electron chi connectivity index (χ3n) is 2.97. The van der Waals surface area contributed by atoms with Gasteiger partial charge >= 0.3 is 0 Å². The van der Waals surface area contributed by atoms with Crippen molar-refractivity contribution in [1.29, 1.82) is 0 Å². The second-order valence-corrected chi connectivity index (χ2v) is 4.35. The summed E-state index contributed by atoms with van der Waals surface area (Å²) in [7, 11) is 0. The largest absolute Gasteiger partial charge is 0.378 e. The molecule has 0 saturated carbocycles. The first-order chi connectivity index (χ1) is 9.19. The zero-order valence-corrected chi connectivity index (χ0v) is 10.5. The van der Waals surface area contributed by atoms with Gasteiger partial charge in [0.1, 0.15) is 11.6 Å². The van der Waals surface area contributed by atoms with Crippen molar-refractivity contribution in [2.24, 2.45) is 5.84 Å². The molecule has 1 atom stereocenters. The molecule has 104 valence electrons. The molecule has 2 rings (SSSR count). The monoisotopic (exact) mass is 267 g/mol. The van der Waals surface area contributed by atoms with E-state index in [4.69, 9.17) is 10.6 Å². The van der Waals surface area contributed by atoms with Gasteiger partial charge in [-0.05, 0) is 19.3 Å². The number of nitrogens with two attached hydrogens (primary N) is 1. The first kappa shape index (κ1) is 13.5. The zero-order chi connectivity index (χ0) is 13.7. The molecule has 0 spiro atoms. The number of aromatic nitrogens is 1. The molecule has 8 nitrogen and oxygen atoms in total. The van der Waals surface area contributed by atoms with Crippen molar-refractivity contribution in [2.45, 2.75) is 25.4 Å². The van der Waals surface area contributed by atoms with Crippen LogP contribution in [0.4, 0.5) is 17.3 Å². The number of anilines is 2. The van der Waals surface area contributed by atoms with Crippen LogP contribution in [0.2, 0.25) is 0 Å². The highest BCUT2D eigenvalue weighted by atomic mass is 16.6. The highest BCUT2D eigenvalue weighted by Gasteiger charge is 2.15. The molecule has 1 saturated heterocycles. The Hall–Kier alpha value is -1.93. The maximum atomic E-state index is 10.8. The van der Waals surface area contributed by atoms with Crippen molar-refractivity contribution in [3.8, 4) is 0 Å². The molecule has 1 aromatic heterocycles. The maximum Gasteiger partial charge on any atom is 0.276 e. The summed E-state index contributed by atoms with van der Waals surface area (Å²) in [5, 5.41) is 13.8. The SMILES string of the molecule is NNc1cc([N+](=O)[O-])cc(NCCC2CCCO2)n1. The smallest absolute Gasteiger partial charge is 0.276 e. The fourth-order valence-electron chi connectivity index (χ4n) is 2.02. The van der Waals surface area contributed by atoms with Gasteiger partial charge in [0.25, 0.3) is 5.69 Å². The number of hydrogen-bond donors (Lipinski definition) is 3. The summed E-state index contributed by atoms with van der Waals surface area (Å²) in [5.74, 6) is 5.92. The van der Waals surface area contributed by atoms with E-state index < -0.39 is 4.92 Å². The summed E-state index contributed by atoms with van der Waals surface area (Å²) >= 11 is 0. The van der Waals surface area contributed by atoms with Crippen molar-refractivity contribution in [1.82, 2.24) is 4.98 Å². The van der Waals surface area contributed by atoms with E-state index >= 15 is 0 Å². The maximum absolute atomic E-state index is 10.8. The molecule has 19 heavy (non-hydrogen) atoms. The van der Waals surface area contributed by atoms with Crippen molar-refractivity contribution < 1.29 is 9.66 Å². The highest BCUT2D eigenvalue weighted by molar-refractivity contribution is 5.54. The van der Waals surface area contributed by atoms with E-state index in [9.17, 15) is 10.1 Å². The Bertz CT molecular complexity index is 448. The molecule has 0 amide bonds. The molecule has 1 aromatic rings. The van der Waals surface area contributed by atoms with Gasteiger partial charge in [0.05, 0.1) is 23.2 Å². The lowest BCUT2D eigenvalue weighted by molar-refractivity contribution is -0.384. The number of hydrazine groups is 1. The zero-order valence-electron chi connectivity index (χ0n) is 10.5. The molecule has 1 aliphatic heterocycles.